The molecule has 0 atom stereocenters. The maximum absolute atomic E-state index is 13.1. The van der Waals surface area contributed by atoms with Crippen LogP contribution in [0.2, 0.25) is 0 Å². The fourth-order valence-corrected chi connectivity index (χ4v) is 3.26. The lowest BCUT2D eigenvalue weighted by Gasteiger charge is -2.02. The molecule has 7 nitrogen and oxygen atoms in total. The van der Waals surface area contributed by atoms with E-state index in [0.29, 0.717) is 33.6 Å². The van der Waals surface area contributed by atoms with E-state index >= 15 is 0 Å². The lowest BCUT2D eigenvalue weighted by atomic mass is 10.1. The van der Waals surface area contributed by atoms with Crippen LogP contribution in [0.1, 0.15) is 21.6 Å². The Hall–Kier alpha value is -3.46. The summed E-state index contributed by atoms with van der Waals surface area (Å²) in [5.41, 5.74) is 3.44. The molecule has 0 fully saturated rings. The molecule has 0 aliphatic rings. The van der Waals surface area contributed by atoms with Crippen LogP contribution in [0.25, 0.3) is 17.2 Å². The summed E-state index contributed by atoms with van der Waals surface area (Å²) in [6.45, 7) is 3.75. The van der Waals surface area contributed by atoms with Crippen molar-refractivity contribution < 1.29 is 9.18 Å². The van der Waals surface area contributed by atoms with E-state index in [4.69, 9.17) is 0 Å². The molecule has 0 unspecified atom stereocenters. The van der Waals surface area contributed by atoms with Crippen molar-refractivity contribution in [2.75, 3.05) is 5.32 Å². The smallest absolute Gasteiger partial charge is 0.257 e. The molecule has 4 aromatic rings. The number of carbonyl (C=O) groups is 1. The van der Waals surface area contributed by atoms with Crippen molar-refractivity contribution in [2.45, 2.75) is 13.8 Å². The lowest BCUT2D eigenvalue weighted by molar-refractivity contribution is 0.102. The highest BCUT2D eigenvalue weighted by molar-refractivity contribution is 7.10. The number of anilines is 1. The molecule has 1 N–H and O–H groups in total. The Kier molecular flexibility index (Phi) is 4.66. The minimum atomic E-state index is -0.322. The minimum absolute atomic E-state index is 0.252. The van der Waals surface area contributed by atoms with E-state index in [1.807, 2.05) is 26.0 Å². The summed E-state index contributed by atoms with van der Waals surface area (Å²) in [6.07, 6.45) is 0. The van der Waals surface area contributed by atoms with Gasteiger partial charge in [-0.15, -0.1) is 5.10 Å². The Morgan fingerprint density at radius 1 is 1.14 bits per heavy atom. The van der Waals surface area contributed by atoms with Crippen LogP contribution in [-0.4, -0.2) is 30.3 Å². The third kappa shape index (κ3) is 3.52. The summed E-state index contributed by atoms with van der Waals surface area (Å²) < 4.78 is 19.0. The first kappa shape index (κ1) is 17.9. The average molecular weight is 394 g/mol. The Balaban J connectivity index is 1.56. The first-order chi connectivity index (χ1) is 13.5. The lowest BCUT2D eigenvalue weighted by Crippen LogP contribution is -2.11. The van der Waals surface area contributed by atoms with Crippen LogP contribution in [0.15, 0.2) is 48.5 Å². The van der Waals surface area contributed by atoms with Gasteiger partial charge in [0.05, 0.1) is 11.4 Å². The standard InChI is InChI=1S/C19H15FN6OS/c1-11-4-3-5-13(10-11)18(27)22-19-21-17(24-28-19)16-12(2)26(25-23-16)15-8-6-14(20)7-9-15/h3-10H,1-2H3,(H,21,22,24,27). The molecule has 0 saturated carbocycles. The molecule has 28 heavy (non-hydrogen) atoms. The number of carbonyl (C=O) groups excluding carboxylic acids is 1. The van der Waals surface area contributed by atoms with Gasteiger partial charge in [0.25, 0.3) is 5.91 Å². The maximum Gasteiger partial charge on any atom is 0.257 e. The zero-order valence-corrected chi connectivity index (χ0v) is 15.9. The van der Waals surface area contributed by atoms with Crippen LogP contribution in [0.4, 0.5) is 9.52 Å². The summed E-state index contributed by atoms with van der Waals surface area (Å²) in [7, 11) is 0. The van der Waals surface area contributed by atoms with Crippen molar-refractivity contribution in [1.29, 1.82) is 0 Å². The van der Waals surface area contributed by atoms with Gasteiger partial charge in [-0.05, 0) is 50.2 Å². The molecule has 0 bridgehead atoms. The number of benzene rings is 2. The van der Waals surface area contributed by atoms with Crippen molar-refractivity contribution in [3.05, 3.63) is 71.2 Å². The fourth-order valence-electron chi connectivity index (χ4n) is 2.69. The summed E-state index contributed by atoms with van der Waals surface area (Å²) in [5.74, 6) is -0.203. The third-order valence-electron chi connectivity index (χ3n) is 4.10. The quantitative estimate of drug-likeness (QED) is 0.569. The van der Waals surface area contributed by atoms with Crippen LogP contribution in [0, 0.1) is 19.7 Å². The predicted octanol–water partition coefficient (Wildman–Crippen LogP) is 3.79. The monoisotopic (exact) mass is 394 g/mol. The number of nitrogens with zero attached hydrogens (tertiary/aromatic N) is 5. The SMILES string of the molecule is Cc1cccc(C(=O)Nc2nc(-c3nnn(-c4ccc(F)cc4)c3C)ns2)c1. The highest BCUT2D eigenvalue weighted by Crippen LogP contribution is 2.24. The second-order valence-corrected chi connectivity index (χ2v) is 6.91. The molecular weight excluding hydrogens is 379 g/mol. The number of hydrogen-bond donors (Lipinski definition) is 1. The van der Waals surface area contributed by atoms with E-state index in [1.165, 1.54) is 12.1 Å². The molecular formula is C19H15FN6OS. The number of hydrogen-bond acceptors (Lipinski definition) is 6. The number of rotatable bonds is 4. The Morgan fingerprint density at radius 3 is 2.68 bits per heavy atom. The van der Waals surface area contributed by atoms with E-state index in [0.717, 1.165) is 17.1 Å². The molecule has 0 aliphatic heterocycles. The summed E-state index contributed by atoms with van der Waals surface area (Å²) in [6, 6.07) is 13.2. The van der Waals surface area contributed by atoms with Gasteiger partial charge in [0.1, 0.15) is 5.82 Å². The number of aryl methyl sites for hydroxylation is 1. The number of halogens is 1. The van der Waals surface area contributed by atoms with E-state index in [-0.39, 0.29) is 11.7 Å². The van der Waals surface area contributed by atoms with Crippen LogP contribution in [-0.2, 0) is 0 Å². The second kappa shape index (κ2) is 7.28. The van der Waals surface area contributed by atoms with Crippen LogP contribution >= 0.6 is 11.5 Å². The van der Waals surface area contributed by atoms with Gasteiger partial charge in [0.2, 0.25) is 5.13 Å². The average Bonchev–Trinajstić information content (AvgIpc) is 3.29. The van der Waals surface area contributed by atoms with Gasteiger partial charge < -0.3 is 0 Å². The number of nitrogens with one attached hydrogen (secondary N) is 1. The molecule has 0 spiro atoms. The van der Waals surface area contributed by atoms with E-state index in [1.54, 1.807) is 28.9 Å². The van der Waals surface area contributed by atoms with E-state index < -0.39 is 0 Å². The third-order valence-corrected chi connectivity index (χ3v) is 4.73. The molecule has 0 radical (unpaired) electrons. The molecule has 0 aliphatic carbocycles. The second-order valence-electron chi connectivity index (χ2n) is 6.16. The molecule has 2 heterocycles. The Morgan fingerprint density at radius 2 is 1.93 bits per heavy atom. The fraction of sp³-hybridized carbons (Fsp3) is 0.105. The Bertz CT molecular complexity index is 1150. The summed E-state index contributed by atoms with van der Waals surface area (Å²) in [4.78, 5) is 16.7. The van der Waals surface area contributed by atoms with Gasteiger partial charge in [-0.25, -0.2) is 9.07 Å². The van der Waals surface area contributed by atoms with Gasteiger partial charge in [-0.1, -0.05) is 22.9 Å². The minimum Gasteiger partial charge on any atom is -0.297 e. The zero-order valence-electron chi connectivity index (χ0n) is 15.0. The van der Waals surface area contributed by atoms with Crippen LogP contribution in [0.5, 0.6) is 0 Å². The van der Waals surface area contributed by atoms with Gasteiger partial charge >= 0.3 is 0 Å². The highest BCUT2D eigenvalue weighted by atomic mass is 32.1. The van der Waals surface area contributed by atoms with Gasteiger partial charge in [0, 0.05) is 17.1 Å². The largest absolute Gasteiger partial charge is 0.297 e. The first-order valence-corrected chi connectivity index (χ1v) is 9.19. The highest BCUT2D eigenvalue weighted by Gasteiger charge is 2.18. The normalized spacial score (nSPS) is 10.8. The molecule has 2 aromatic heterocycles. The number of aromatic nitrogens is 5. The van der Waals surface area contributed by atoms with Crippen molar-refractivity contribution in [3.8, 4) is 17.2 Å². The van der Waals surface area contributed by atoms with Crippen molar-refractivity contribution in [3.63, 3.8) is 0 Å². The van der Waals surface area contributed by atoms with Gasteiger partial charge in [-0.3, -0.25) is 10.1 Å². The van der Waals surface area contributed by atoms with Crippen molar-refractivity contribution in [1.82, 2.24) is 24.4 Å². The number of amides is 1. The molecule has 0 saturated heterocycles. The zero-order chi connectivity index (χ0) is 19.7. The van der Waals surface area contributed by atoms with Gasteiger partial charge in [-0.2, -0.15) is 9.36 Å². The van der Waals surface area contributed by atoms with E-state index in [2.05, 4.69) is 25.0 Å². The summed E-state index contributed by atoms with van der Waals surface area (Å²) in [5, 5.41) is 11.4. The van der Waals surface area contributed by atoms with E-state index in [9.17, 15) is 9.18 Å². The van der Waals surface area contributed by atoms with Crippen LogP contribution in [0.3, 0.4) is 0 Å². The van der Waals surface area contributed by atoms with Crippen molar-refractivity contribution >= 4 is 22.6 Å². The molecule has 4 rings (SSSR count). The molecule has 140 valence electrons. The Labute approximate surface area is 164 Å². The maximum atomic E-state index is 13.1. The summed E-state index contributed by atoms with van der Waals surface area (Å²) >= 11 is 1.07. The topological polar surface area (TPSA) is 85.6 Å². The first-order valence-electron chi connectivity index (χ1n) is 8.41. The van der Waals surface area contributed by atoms with Gasteiger partial charge in [0.15, 0.2) is 11.5 Å². The molecule has 2 aromatic carbocycles. The van der Waals surface area contributed by atoms with Crippen molar-refractivity contribution in [2.24, 2.45) is 0 Å². The molecule has 9 heteroatoms. The molecule has 1 amide bonds. The van der Waals surface area contributed by atoms with Crippen LogP contribution < -0.4 is 5.32 Å². The predicted molar refractivity (Wildman–Crippen MR) is 104 cm³/mol.